The SMILES string of the molecule is CCN1CCN(c2ncc3c(=O)n(Cc4ccc5c(c4)OCO5)ccc3n2)CC1. The quantitative estimate of drug-likeness (QED) is 0.668. The van der Waals surface area contributed by atoms with Crippen LogP contribution in [0.3, 0.4) is 0 Å². The van der Waals surface area contributed by atoms with Gasteiger partial charge in [-0.1, -0.05) is 13.0 Å². The summed E-state index contributed by atoms with van der Waals surface area (Å²) >= 11 is 0. The number of rotatable bonds is 4. The van der Waals surface area contributed by atoms with Crippen molar-refractivity contribution in [2.24, 2.45) is 0 Å². The lowest BCUT2D eigenvalue weighted by atomic mass is 10.2. The van der Waals surface area contributed by atoms with Gasteiger partial charge in [0.2, 0.25) is 12.7 Å². The Morgan fingerprint density at radius 3 is 2.72 bits per heavy atom. The van der Waals surface area contributed by atoms with Gasteiger partial charge in [0, 0.05) is 38.6 Å². The van der Waals surface area contributed by atoms with Gasteiger partial charge in [-0.2, -0.15) is 0 Å². The maximum Gasteiger partial charge on any atom is 0.261 e. The molecule has 1 aromatic carbocycles. The third kappa shape index (κ3) is 3.40. The summed E-state index contributed by atoms with van der Waals surface area (Å²) in [5.41, 5.74) is 1.56. The van der Waals surface area contributed by atoms with Crippen molar-refractivity contribution in [3.05, 3.63) is 52.6 Å². The molecular weight excluding hydrogens is 370 g/mol. The number of benzene rings is 1. The molecule has 2 aliphatic rings. The van der Waals surface area contributed by atoms with Gasteiger partial charge in [-0.3, -0.25) is 4.79 Å². The third-order valence-electron chi connectivity index (χ3n) is 5.60. The van der Waals surface area contributed by atoms with Crippen molar-refractivity contribution in [2.75, 3.05) is 44.4 Å². The fourth-order valence-electron chi connectivity index (χ4n) is 3.84. The number of fused-ring (bicyclic) bond motifs is 2. The number of anilines is 1. The first kappa shape index (κ1) is 17.9. The highest BCUT2D eigenvalue weighted by molar-refractivity contribution is 5.77. The Labute approximate surface area is 168 Å². The van der Waals surface area contributed by atoms with E-state index < -0.39 is 0 Å². The number of aromatic nitrogens is 3. The Hall–Kier alpha value is -3.13. The minimum atomic E-state index is -0.0949. The van der Waals surface area contributed by atoms with Gasteiger partial charge >= 0.3 is 0 Å². The maximum atomic E-state index is 12.9. The molecule has 3 aromatic rings. The van der Waals surface area contributed by atoms with Crippen LogP contribution in [0.2, 0.25) is 0 Å². The monoisotopic (exact) mass is 393 g/mol. The molecule has 2 aliphatic heterocycles. The van der Waals surface area contributed by atoms with Crippen molar-refractivity contribution in [1.82, 2.24) is 19.4 Å². The number of nitrogens with zero attached hydrogens (tertiary/aromatic N) is 5. The largest absolute Gasteiger partial charge is 0.454 e. The molecule has 0 aliphatic carbocycles. The third-order valence-corrected chi connectivity index (χ3v) is 5.60. The van der Waals surface area contributed by atoms with E-state index in [4.69, 9.17) is 9.47 Å². The first-order valence-electron chi connectivity index (χ1n) is 9.93. The van der Waals surface area contributed by atoms with Gasteiger partial charge in [-0.25, -0.2) is 9.97 Å². The van der Waals surface area contributed by atoms with Crippen LogP contribution in [-0.4, -0.2) is 59.0 Å². The zero-order valence-electron chi connectivity index (χ0n) is 16.4. The van der Waals surface area contributed by atoms with Crippen LogP contribution in [-0.2, 0) is 6.54 Å². The standard InChI is InChI=1S/C21H23N5O3/c1-2-24-7-9-25(10-8-24)21-22-12-16-17(23-21)5-6-26(20(16)27)13-15-3-4-18-19(11-15)29-14-28-18/h3-6,11-12H,2,7-10,13-14H2,1H3. The molecule has 0 atom stereocenters. The zero-order chi connectivity index (χ0) is 19.8. The zero-order valence-corrected chi connectivity index (χ0v) is 16.4. The number of ether oxygens (including phenoxy) is 2. The first-order valence-corrected chi connectivity index (χ1v) is 9.93. The molecule has 29 heavy (non-hydrogen) atoms. The van der Waals surface area contributed by atoms with E-state index in [-0.39, 0.29) is 12.4 Å². The van der Waals surface area contributed by atoms with Crippen molar-refractivity contribution in [2.45, 2.75) is 13.5 Å². The highest BCUT2D eigenvalue weighted by Crippen LogP contribution is 2.32. The van der Waals surface area contributed by atoms with E-state index in [1.807, 2.05) is 24.3 Å². The van der Waals surface area contributed by atoms with Gasteiger partial charge in [0.15, 0.2) is 11.5 Å². The van der Waals surface area contributed by atoms with Gasteiger partial charge in [-0.05, 0) is 30.3 Å². The fraction of sp³-hybridized carbons (Fsp3) is 0.381. The fourth-order valence-corrected chi connectivity index (χ4v) is 3.84. The first-order chi connectivity index (χ1) is 14.2. The van der Waals surface area contributed by atoms with Crippen molar-refractivity contribution in [3.8, 4) is 11.5 Å². The van der Waals surface area contributed by atoms with Crippen LogP contribution >= 0.6 is 0 Å². The van der Waals surface area contributed by atoms with Crippen LogP contribution in [0.25, 0.3) is 10.9 Å². The smallest absolute Gasteiger partial charge is 0.261 e. The Kier molecular flexibility index (Phi) is 4.55. The molecule has 0 unspecified atom stereocenters. The molecular formula is C21H23N5O3. The summed E-state index contributed by atoms with van der Waals surface area (Å²) in [6.07, 6.45) is 3.45. The molecule has 0 radical (unpaired) electrons. The summed E-state index contributed by atoms with van der Waals surface area (Å²) in [5.74, 6) is 2.15. The van der Waals surface area contributed by atoms with Crippen molar-refractivity contribution in [3.63, 3.8) is 0 Å². The van der Waals surface area contributed by atoms with Crippen molar-refractivity contribution >= 4 is 16.9 Å². The normalized spacial score (nSPS) is 16.5. The maximum absolute atomic E-state index is 12.9. The van der Waals surface area contributed by atoms with Crippen LogP contribution in [0.4, 0.5) is 5.95 Å². The lowest BCUT2D eigenvalue weighted by Gasteiger charge is -2.34. The average Bonchev–Trinajstić information content (AvgIpc) is 3.23. The van der Waals surface area contributed by atoms with Crippen molar-refractivity contribution < 1.29 is 9.47 Å². The lowest BCUT2D eigenvalue weighted by molar-refractivity contribution is 0.174. The second-order valence-electron chi connectivity index (χ2n) is 7.33. The van der Waals surface area contributed by atoms with E-state index in [9.17, 15) is 4.79 Å². The Morgan fingerprint density at radius 1 is 1.07 bits per heavy atom. The Bertz CT molecular complexity index is 1110. The van der Waals surface area contributed by atoms with E-state index >= 15 is 0 Å². The minimum absolute atomic E-state index is 0.0949. The molecule has 0 spiro atoms. The van der Waals surface area contributed by atoms with Gasteiger partial charge in [0.25, 0.3) is 5.56 Å². The van der Waals surface area contributed by atoms with Gasteiger partial charge in [0.05, 0.1) is 17.4 Å². The molecule has 1 fully saturated rings. The summed E-state index contributed by atoms with van der Waals surface area (Å²) < 4.78 is 12.4. The number of hydrogen-bond donors (Lipinski definition) is 0. The van der Waals surface area contributed by atoms with E-state index in [0.29, 0.717) is 29.1 Å². The second kappa shape index (κ2) is 7.36. The molecule has 2 aromatic heterocycles. The summed E-state index contributed by atoms with van der Waals surface area (Å²) in [7, 11) is 0. The van der Waals surface area contributed by atoms with Crippen LogP contribution < -0.4 is 19.9 Å². The molecule has 4 heterocycles. The van der Waals surface area contributed by atoms with Crippen molar-refractivity contribution in [1.29, 1.82) is 0 Å². The highest BCUT2D eigenvalue weighted by Gasteiger charge is 2.19. The molecule has 0 amide bonds. The molecule has 1 saturated heterocycles. The predicted molar refractivity (Wildman–Crippen MR) is 110 cm³/mol. The number of piperazine rings is 1. The van der Waals surface area contributed by atoms with Crippen LogP contribution in [0.1, 0.15) is 12.5 Å². The lowest BCUT2D eigenvalue weighted by Crippen LogP contribution is -2.46. The molecule has 0 bridgehead atoms. The Balaban J connectivity index is 1.40. The van der Waals surface area contributed by atoms with Crippen LogP contribution in [0.15, 0.2) is 41.5 Å². The van der Waals surface area contributed by atoms with Gasteiger partial charge < -0.3 is 23.8 Å². The summed E-state index contributed by atoms with van der Waals surface area (Å²) in [6, 6.07) is 7.61. The predicted octanol–water partition coefficient (Wildman–Crippen LogP) is 1.71. The topological polar surface area (TPSA) is 72.7 Å². The molecule has 8 heteroatoms. The highest BCUT2D eigenvalue weighted by atomic mass is 16.7. The molecule has 8 nitrogen and oxygen atoms in total. The molecule has 0 saturated carbocycles. The van der Waals surface area contributed by atoms with E-state index in [1.54, 1.807) is 17.0 Å². The van der Waals surface area contributed by atoms with Crippen LogP contribution in [0, 0.1) is 0 Å². The number of hydrogen-bond acceptors (Lipinski definition) is 7. The molecule has 5 rings (SSSR count). The molecule has 0 N–H and O–H groups in total. The number of pyridine rings is 1. The molecule has 150 valence electrons. The van der Waals surface area contributed by atoms with Crippen LogP contribution in [0.5, 0.6) is 11.5 Å². The van der Waals surface area contributed by atoms with E-state index in [1.165, 1.54) is 0 Å². The Morgan fingerprint density at radius 2 is 1.90 bits per heavy atom. The summed E-state index contributed by atoms with van der Waals surface area (Å²) in [4.78, 5) is 26.7. The van der Waals surface area contributed by atoms with Gasteiger partial charge in [0.1, 0.15) is 0 Å². The number of likely N-dealkylation sites (N-methyl/N-ethyl adjacent to an activating group) is 1. The van der Waals surface area contributed by atoms with E-state index in [0.717, 1.165) is 44.0 Å². The second-order valence-corrected chi connectivity index (χ2v) is 7.33. The summed E-state index contributed by atoms with van der Waals surface area (Å²) in [5, 5.41) is 0.532. The van der Waals surface area contributed by atoms with Gasteiger partial charge in [-0.15, -0.1) is 0 Å². The minimum Gasteiger partial charge on any atom is -0.454 e. The summed E-state index contributed by atoms with van der Waals surface area (Å²) in [6.45, 7) is 7.76. The average molecular weight is 393 g/mol. The van der Waals surface area contributed by atoms with E-state index in [2.05, 4.69) is 26.7 Å².